The highest BCUT2D eigenvalue weighted by atomic mass is 35.5. The Morgan fingerprint density at radius 2 is 1.61 bits per heavy atom. The molecule has 0 aromatic heterocycles. The van der Waals surface area contributed by atoms with Crippen LogP contribution in [0.3, 0.4) is 0 Å². The normalized spacial score (nSPS) is 10.6. The maximum Gasteiger partial charge on any atom is 0.118 e. The van der Waals surface area contributed by atoms with Gasteiger partial charge in [0.2, 0.25) is 0 Å². The predicted octanol–water partition coefficient (Wildman–Crippen LogP) is 4.40. The molecule has 0 aliphatic rings. The summed E-state index contributed by atoms with van der Waals surface area (Å²) in [6.45, 7) is 1.53. The van der Waals surface area contributed by atoms with Crippen LogP contribution in [0.4, 0.5) is 0 Å². The molecule has 1 aromatic rings. The van der Waals surface area contributed by atoms with E-state index in [4.69, 9.17) is 21.1 Å². The van der Waals surface area contributed by atoms with E-state index in [2.05, 4.69) is 0 Å². The van der Waals surface area contributed by atoms with Crippen molar-refractivity contribution in [3.63, 3.8) is 0 Å². The van der Waals surface area contributed by atoms with Gasteiger partial charge in [-0.05, 0) is 30.5 Å². The van der Waals surface area contributed by atoms with Crippen LogP contribution in [0.25, 0.3) is 0 Å². The molecule has 0 N–H and O–H groups in total. The van der Waals surface area contributed by atoms with Gasteiger partial charge in [0.1, 0.15) is 5.75 Å². The summed E-state index contributed by atoms with van der Waals surface area (Å²) in [6, 6.07) is 8.01. The molecule has 18 heavy (non-hydrogen) atoms. The molecule has 0 spiro atoms. The third-order valence-corrected chi connectivity index (χ3v) is 3.12. The second-order valence-electron chi connectivity index (χ2n) is 4.36. The van der Waals surface area contributed by atoms with E-state index < -0.39 is 0 Å². The molecule has 0 saturated carbocycles. The van der Waals surface area contributed by atoms with Gasteiger partial charge >= 0.3 is 0 Å². The molecule has 1 rings (SSSR count). The van der Waals surface area contributed by atoms with Crippen LogP contribution < -0.4 is 4.74 Å². The lowest BCUT2D eigenvalue weighted by molar-refractivity contribution is 0.116. The Balaban J connectivity index is 2.00. The molecule has 0 atom stereocenters. The van der Waals surface area contributed by atoms with Crippen molar-refractivity contribution in [2.24, 2.45) is 0 Å². The van der Waals surface area contributed by atoms with E-state index in [1.807, 2.05) is 24.3 Å². The van der Waals surface area contributed by atoms with Crippen LogP contribution in [0, 0.1) is 0 Å². The van der Waals surface area contributed by atoms with Crippen molar-refractivity contribution in [1.29, 1.82) is 0 Å². The average molecular weight is 271 g/mol. The first-order valence-electron chi connectivity index (χ1n) is 6.63. The highest BCUT2D eigenvalue weighted by Gasteiger charge is 1.95. The third-order valence-electron chi connectivity index (χ3n) is 2.85. The van der Waals surface area contributed by atoms with Crippen molar-refractivity contribution in [2.75, 3.05) is 19.6 Å². The van der Waals surface area contributed by atoms with Gasteiger partial charge < -0.3 is 9.47 Å². The molecular formula is C15H23ClO2. The van der Waals surface area contributed by atoms with Crippen molar-refractivity contribution in [1.82, 2.24) is 0 Å². The van der Waals surface area contributed by atoms with Crippen molar-refractivity contribution < 1.29 is 9.47 Å². The quantitative estimate of drug-likeness (QED) is 0.463. The lowest BCUT2D eigenvalue weighted by Crippen LogP contribution is -1.96. The number of alkyl halides is 1. The number of unbranched alkanes of at least 4 members (excludes halogenated alkanes) is 4. The van der Waals surface area contributed by atoms with Crippen LogP contribution in [0.1, 0.15) is 37.7 Å². The summed E-state index contributed by atoms with van der Waals surface area (Å²) in [5.41, 5.74) is 1.19. The summed E-state index contributed by atoms with van der Waals surface area (Å²) in [7, 11) is 1.68. The maximum absolute atomic E-state index is 5.63. The number of halogens is 1. The van der Waals surface area contributed by atoms with Crippen molar-refractivity contribution in [2.45, 2.75) is 38.7 Å². The van der Waals surface area contributed by atoms with E-state index in [-0.39, 0.29) is 0 Å². The summed E-state index contributed by atoms with van der Waals surface area (Å²) in [5, 5.41) is 0. The first kappa shape index (κ1) is 15.3. The van der Waals surface area contributed by atoms with Crippen molar-refractivity contribution in [3.05, 3.63) is 29.8 Å². The molecule has 0 aliphatic heterocycles. The molecule has 0 saturated heterocycles. The van der Waals surface area contributed by atoms with Crippen LogP contribution in [-0.2, 0) is 11.3 Å². The minimum atomic E-state index is 0.686. The molecule has 1 aromatic carbocycles. The average Bonchev–Trinajstić information content (AvgIpc) is 2.42. The number of rotatable bonds is 10. The summed E-state index contributed by atoms with van der Waals surface area (Å²) in [5.74, 6) is 1.67. The molecule has 3 heteroatoms. The number of methoxy groups -OCH3 is 1. The Hall–Kier alpha value is -0.730. The highest BCUT2D eigenvalue weighted by molar-refractivity contribution is 6.17. The zero-order chi connectivity index (χ0) is 13.1. The molecule has 0 radical (unpaired) electrons. The van der Waals surface area contributed by atoms with E-state index in [0.29, 0.717) is 6.61 Å². The number of hydrogen-bond donors (Lipinski definition) is 0. The smallest absolute Gasteiger partial charge is 0.118 e. The summed E-state index contributed by atoms with van der Waals surface area (Å²) < 4.78 is 10.7. The van der Waals surface area contributed by atoms with Crippen molar-refractivity contribution >= 4 is 11.6 Å². The van der Waals surface area contributed by atoms with Crippen LogP contribution in [-0.4, -0.2) is 19.6 Å². The number of ether oxygens (including phenoxy) is 2. The SMILES string of the molecule is COc1ccc(COCCCCCCCCl)cc1. The second-order valence-corrected chi connectivity index (χ2v) is 4.74. The fourth-order valence-electron chi connectivity index (χ4n) is 1.74. The fraction of sp³-hybridized carbons (Fsp3) is 0.600. The topological polar surface area (TPSA) is 18.5 Å². The van der Waals surface area contributed by atoms with Gasteiger partial charge in [0.25, 0.3) is 0 Å². The minimum absolute atomic E-state index is 0.686. The predicted molar refractivity (Wildman–Crippen MR) is 76.5 cm³/mol. The van der Waals surface area contributed by atoms with E-state index in [0.717, 1.165) is 31.1 Å². The van der Waals surface area contributed by atoms with E-state index in [1.165, 1.54) is 24.8 Å². The second kappa shape index (κ2) is 10.2. The minimum Gasteiger partial charge on any atom is -0.497 e. The molecule has 0 amide bonds. The Bertz CT molecular complexity index is 298. The molecule has 0 bridgehead atoms. The zero-order valence-electron chi connectivity index (χ0n) is 11.2. The lowest BCUT2D eigenvalue weighted by Gasteiger charge is -2.05. The number of benzene rings is 1. The van der Waals surface area contributed by atoms with Gasteiger partial charge in [0, 0.05) is 12.5 Å². The van der Waals surface area contributed by atoms with Crippen LogP contribution in [0.2, 0.25) is 0 Å². The van der Waals surface area contributed by atoms with E-state index in [9.17, 15) is 0 Å². The van der Waals surface area contributed by atoms with Crippen LogP contribution in [0.15, 0.2) is 24.3 Å². The maximum atomic E-state index is 5.63. The Kier molecular flexibility index (Phi) is 8.70. The molecular weight excluding hydrogens is 248 g/mol. The Morgan fingerprint density at radius 3 is 2.28 bits per heavy atom. The van der Waals surface area contributed by atoms with Crippen LogP contribution >= 0.6 is 11.6 Å². The third kappa shape index (κ3) is 6.87. The summed E-state index contributed by atoms with van der Waals surface area (Å²) >= 11 is 5.62. The molecule has 0 unspecified atom stereocenters. The van der Waals surface area contributed by atoms with Gasteiger partial charge in [-0.2, -0.15) is 0 Å². The van der Waals surface area contributed by atoms with E-state index in [1.54, 1.807) is 7.11 Å². The van der Waals surface area contributed by atoms with Gasteiger partial charge in [-0.1, -0.05) is 31.4 Å². The lowest BCUT2D eigenvalue weighted by atomic mass is 10.2. The molecule has 2 nitrogen and oxygen atoms in total. The summed E-state index contributed by atoms with van der Waals surface area (Å²) in [4.78, 5) is 0. The van der Waals surface area contributed by atoms with Gasteiger partial charge in [0.15, 0.2) is 0 Å². The van der Waals surface area contributed by atoms with Gasteiger partial charge in [0.05, 0.1) is 13.7 Å². The standard InChI is InChI=1S/C15H23ClO2/c1-17-15-9-7-14(8-10-15)13-18-12-6-4-2-3-5-11-16/h7-10H,2-6,11-13H2,1H3. The fourth-order valence-corrected chi connectivity index (χ4v) is 1.93. The zero-order valence-corrected chi connectivity index (χ0v) is 11.9. The molecule has 0 fully saturated rings. The van der Waals surface area contributed by atoms with Crippen LogP contribution in [0.5, 0.6) is 5.75 Å². The Labute approximate surface area is 115 Å². The van der Waals surface area contributed by atoms with Gasteiger partial charge in [-0.25, -0.2) is 0 Å². The molecule has 0 heterocycles. The molecule has 0 aliphatic carbocycles. The number of hydrogen-bond acceptors (Lipinski definition) is 2. The Morgan fingerprint density at radius 1 is 0.944 bits per heavy atom. The van der Waals surface area contributed by atoms with Gasteiger partial charge in [-0.3, -0.25) is 0 Å². The largest absolute Gasteiger partial charge is 0.497 e. The molecule has 102 valence electrons. The first-order valence-corrected chi connectivity index (χ1v) is 7.17. The first-order chi connectivity index (χ1) is 8.86. The van der Waals surface area contributed by atoms with Gasteiger partial charge in [-0.15, -0.1) is 11.6 Å². The monoisotopic (exact) mass is 270 g/mol. The van der Waals surface area contributed by atoms with E-state index >= 15 is 0 Å². The highest BCUT2D eigenvalue weighted by Crippen LogP contribution is 2.12. The van der Waals surface area contributed by atoms with Crippen molar-refractivity contribution in [3.8, 4) is 5.75 Å². The summed E-state index contributed by atoms with van der Waals surface area (Å²) in [6.07, 6.45) is 6.01.